The van der Waals surface area contributed by atoms with Gasteiger partial charge in [0.15, 0.2) is 0 Å². The molecule has 82 valence electrons. The van der Waals surface area contributed by atoms with E-state index in [1.165, 1.54) is 0 Å². The Balaban J connectivity index is 2.65. The van der Waals surface area contributed by atoms with Crippen LogP contribution in [0.1, 0.15) is 22.3 Å². The van der Waals surface area contributed by atoms with Gasteiger partial charge in [-0.2, -0.15) is 0 Å². The first-order valence-electron chi connectivity index (χ1n) is 4.74. The minimum absolute atomic E-state index is 0.110. The number of hydrogen-bond donors (Lipinski definition) is 1. The maximum Gasteiger partial charge on any atom is 0.338 e. The highest BCUT2D eigenvalue weighted by molar-refractivity contribution is 5.91. The highest BCUT2D eigenvalue weighted by atomic mass is 19.1. The summed E-state index contributed by atoms with van der Waals surface area (Å²) in [4.78, 5) is 11.5. The van der Waals surface area contributed by atoms with Gasteiger partial charge in [-0.05, 0) is 30.7 Å². The molecule has 0 saturated heterocycles. The Hall–Kier alpha value is -1.58. The van der Waals surface area contributed by atoms with Crippen LogP contribution in [0.3, 0.4) is 0 Å². The lowest BCUT2D eigenvalue weighted by atomic mass is 10.1. The van der Waals surface area contributed by atoms with Crippen LogP contribution in [-0.2, 0) is 4.74 Å². The SMILES string of the molecule is Cc1cc(N)ccc1C(=O)OCCCF. The van der Waals surface area contributed by atoms with E-state index in [1.807, 2.05) is 0 Å². The molecule has 0 aromatic heterocycles. The molecule has 0 aliphatic carbocycles. The molecular weight excluding hydrogens is 197 g/mol. The maximum absolute atomic E-state index is 11.8. The quantitative estimate of drug-likeness (QED) is 0.471. The van der Waals surface area contributed by atoms with Gasteiger partial charge < -0.3 is 10.5 Å². The largest absolute Gasteiger partial charge is 0.462 e. The summed E-state index contributed by atoms with van der Waals surface area (Å²) in [5.74, 6) is -0.430. The predicted molar refractivity (Wildman–Crippen MR) is 56.5 cm³/mol. The van der Waals surface area contributed by atoms with Gasteiger partial charge in [0.2, 0.25) is 0 Å². The Bertz CT molecular complexity index is 352. The molecule has 0 spiro atoms. The first-order chi connectivity index (χ1) is 7.15. The molecule has 0 heterocycles. The van der Waals surface area contributed by atoms with Crippen molar-refractivity contribution in [1.82, 2.24) is 0 Å². The van der Waals surface area contributed by atoms with Crippen LogP contribution in [0.15, 0.2) is 18.2 Å². The minimum Gasteiger partial charge on any atom is -0.462 e. The molecule has 0 amide bonds. The van der Waals surface area contributed by atoms with E-state index in [1.54, 1.807) is 25.1 Å². The third kappa shape index (κ3) is 3.23. The van der Waals surface area contributed by atoms with Gasteiger partial charge in [-0.25, -0.2) is 4.79 Å². The molecular formula is C11H14FNO2. The molecule has 1 aromatic rings. The molecule has 1 rings (SSSR count). The van der Waals surface area contributed by atoms with Crippen molar-refractivity contribution in [2.45, 2.75) is 13.3 Å². The van der Waals surface area contributed by atoms with Gasteiger partial charge >= 0.3 is 5.97 Å². The smallest absolute Gasteiger partial charge is 0.338 e. The fraction of sp³-hybridized carbons (Fsp3) is 0.364. The molecule has 0 aliphatic heterocycles. The van der Waals surface area contributed by atoms with Crippen LogP contribution in [-0.4, -0.2) is 19.3 Å². The molecule has 2 N–H and O–H groups in total. The van der Waals surface area contributed by atoms with Gasteiger partial charge in [-0.1, -0.05) is 0 Å². The molecule has 0 radical (unpaired) electrons. The number of carbonyl (C=O) groups is 1. The molecule has 0 atom stereocenters. The van der Waals surface area contributed by atoms with Crippen molar-refractivity contribution in [1.29, 1.82) is 0 Å². The summed E-state index contributed by atoms with van der Waals surface area (Å²) in [6, 6.07) is 4.95. The number of nitrogens with two attached hydrogens (primary N) is 1. The molecule has 0 aliphatic rings. The van der Waals surface area contributed by atoms with Crippen molar-refractivity contribution in [3.05, 3.63) is 29.3 Å². The molecule has 0 saturated carbocycles. The second kappa shape index (κ2) is 5.34. The third-order valence-electron chi connectivity index (χ3n) is 1.98. The normalized spacial score (nSPS) is 10.0. The van der Waals surface area contributed by atoms with E-state index in [9.17, 15) is 9.18 Å². The van der Waals surface area contributed by atoms with Crippen LogP contribution in [0.4, 0.5) is 10.1 Å². The zero-order valence-electron chi connectivity index (χ0n) is 8.63. The summed E-state index contributed by atoms with van der Waals surface area (Å²) >= 11 is 0. The minimum atomic E-state index is -0.478. The molecule has 3 nitrogen and oxygen atoms in total. The van der Waals surface area contributed by atoms with Crippen LogP contribution in [0.2, 0.25) is 0 Å². The van der Waals surface area contributed by atoms with Crippen LogP contribution in [0, 0.1) is 6.92 Å². The molecule has 0 unspecified atom stereocenters. The predicted octanol–water partition coefficient (Wildman–Crippen LogP) is 2.09. The van der Waals surface area contributed by atoms with Gasteiger partial charge in [0, 0.05) is 12.1 Å². The first-order valence-corrected chi connectivity index (χ1v) is 4.74. The van der Waals surface area contributed by atoms with Crippen LogP contribution < -0.4 is 5.73 Å². The number of rotatable bonds is 4. The van der Waals surface area contributed by atoms with E-state index in [-0.39, 0.29) is 13.0 Å². The Morgan fingerprint density at radius 1 is 1.53 bits per heavy atom. The summed E-state index contributed by atoms with van der Waals surface area (Å²) < 4.78 is 16.6. The fourth-order valence-electron chi connectivity index (χ4n) is 1.21. The van der Waals surface area contributed by atoms with Crippen molar-refractivity contribution in [3.8, 4) is 0 Å². The lowest BCUT2D eigenvalue weighted by Gasteiger charge is -2.06. The summed E-state index contributed by atoms with van der Waals surface area (Å²) in [7, 11) is 0. The van der Waals surface area contributed by atoms with Gasteiger partial charge in [0.05, 0.1) is 18.8 Å². The summed E-state index contributed by atoms with van der Waals surface area (Å²) in [6.07, 6.45) is 0.236. The number of benzene rings is 1. The zero-order valence-corrected chi connectivity index (χ0v) is 8.63. The van der Waals surface area contributed by atoms with Crippen molar-refractivity contribution in [2.75, 3.05) is 19.0 Å². The van der Waals surface area contributed by atoms with Crippen molar-refractivity contribution < 1.29 is 13.9 Å². The van der Waals surface area contributed by atoms with Gasteiger partial charge in [-0.15, -0.1) is 0 Å². The Kier molecular flexibility index (Phi) is 4.09. The number of esters is 1. The molecule has 0 bridgehead atoms. The zero-order chi connectivity index (χ0) is 11.3. The topological polar surface area (TPSA) is 52.3 Å². The second-order valence-corrected chi connectivity index (χ2v) is 3.25. The first kappa shape index (κ1) is 11.5. The Labute approximate surface area is 88.0 Å². The van der Waals surface area contributed by atoms with Crippen LogP contribution in [0.25, 0.3) is 0 Å². The van der Waals surface area contributed by atoms with E-state index < -0.39 is 12.6 Å². The number of anilines is 1. The van der Waals surface area contributed by atoms with Crippen molar-refractivity contribution in [2.24, 2.45) is 0 Å². The number of aryl methyl sites for hydroxylation is 1. The molecule has 15 heavy (non-hydrogen) atoms. The van der Waals surface area contributed by atoms with Gasteiger partial charge in [0.25, 0.3) is 0 Å². The Morgan fingerprint density at radius 3 is 2.87 bits per heavy atom. The third-order valence-corrected chi connectivity index (χ3v) is 1.98. The lowest BCUT2D eigenvalue weighted by Crippen LogP contribution is -2.08. The monoisotopic (exact) mass is 211 g/mol. The van der Waals surface area contributed by atoms with Crippen molar-refractivity contribution in [3.63, 3.8) is 0 Å². The maximum atomic E-state index is 11.8. The summed E-state index contributed by atoms with van der Waals surface area (Å²) in [6.45, 7) is 1.41. The van der Waals surface area contributed by atoms with Gasteiger partial charge in [0.1, 0.15) is 0 Å². The highest BCUT2D eigenvalue weighted by Gasteiger charge is 2.09. The standard InChI is InChI=1S/C11H14FNO2/c1-8-7-9(13)3-4-10(8)11(14)15-6-2-5-12/h3-4,7H,2,5-6,13H2,1H3. The molecule has 1 aromatic carbocycles. The number of ether oxygens (including phenoxy) is 1. The van der Waals surface area contributed by atoms with Crippen LogP contribution in [0.5, 0.6) is 0 Å². The number of halogens is 1. The molecule has 4 heteroatoms. The van der Waals surface area contributed by atoms with Crippen molar-refractivity contribution >= 4 is 11.7 Å². The average molecular weight is 211 g/mol. The van der Waals surface area contributed by atoms with E-state index in [0.29, 0.717) is 11.3 Å². The van der Waals surface area contributed by atoms with E-state index in [0.717, 1.165) is 5.56 Å². The van der Waals surface area contributed by atoms with Gasteiger partial charge in [-0.3, -0.25) is 4.39 Å². The lowest BCUT2D eigenvalue weighted by molar-refractivity contribution is 0.0493. The van der Waals surface area contributed by atoms with E-state index in [4.69, 9.17) is 10.5 Å². The average Bonchev–Trinajstić information content (AvgIpc) is 2.17. The van der Waals surface area contributed by atoms with Crippen LogP contribution >= 0.6 is 0 Å². The Morgan fingerprint density at radius 2 is 2.27 bits per heavy atom. The highest BCUT2D eigenvalue weighted by Crippen LogP contribution is 2.13. The second-order valence-electron chi connectivity index (χ2n) is 3.25. The molecule has 0 fully saturated rings. The van der Waals surface area contributed by atoms with E-state index >= 15 is 0 Å². The summed E-state index contributed by atoms with van der Waals surface area (Å²) in [5, 5.41) is 0. The van der Waals surface area contributed by atoms with E-state index in [2.05, 4.69) is 0 Å². The number of alkyl halides is 1. The fourth-order valence-corrected chi connectivity index (χ4v) is 1.21. The summed E-state index contributed by atoms with van der Waals surface area (Å²) in [5.41, 5.74) is 7.39. The number of hydrogen-bond acceptors (Lipinski definition) is 3. The number of nitrogen functional groups attached to an aromatic ring is 1. The number of carbonyl (C=O) groups excluding carboxylic acids is 1.